The van der Waals surface area contributed by atoms with Crippen LogP contribution in [0.15, 0.2) is 23.0 Å². The summed E-state index contributed by atoms with van der Waals surface area (Å²) in [7, 11) is 0. The normalized spacial score (nSPS) is 14.4. The average molecular weight is 286 g/mol. The van der Waals surface area contributed by atoms with E-state index in [0.29, 0.717) is 11.9 Å². The van der Waals surface area contributed by atoms with Crippen LogP contribution >= 0.6 is 0 Å². The molecule has 1 amide bonds. The summed E-state index contributed by atoms with van der Waals surface area (Å²) < 4.78 is 1.59. The highest BCUT2D eigenvalue weighted by atomic mass is 16.3. The largest absolute Gasteiger partial charge is 0.506 e. The van der Waals surface area contributed by atoms with Gasteiger partial charge in [0.15, 0.2) is 0 Å². The smallest absolute Gasteiger partial charge is 0.267 e. The van der Waals surface area contributed by atoms with Crippen molar-refractivity contribution in [3.63, 3.8) is 0 Å². The molecule has 2 heterocycles. The lowest BCUT2D eigenvalue weighted by atomic mass is 10.1. The molecule has 1 aromatic carbocycles. The Morgan fingerprint density at radius 2 is 2.24 bits per heavy atom. The van der Waals surface area contributed by atoms with Crippen molar-refractivity contribution in [1.82, 2.24) is 9.88 Å². The molecule has 0 saturated carbocycles. The molecule has 110 valence electrons. The number of benzene rings is 1. The Morgan fingerprint density at radius 3 is 2.95 bits per heavy atom. The van der Waals surface area contributed by atoms with Gasteiger partial charge < -0.3 is 15.0 Å². The van der Waals surface area contributed by atoms with Crippen LogP contribution in [-0.2, 0) is 13.0 Å². The van der Waals surface area contributed by atoms with Gasteiger partial charge in [-0.1, -0.05) is 19.1 Å². The Labute approximate surface area is 122 Å². The van der Waals surface area contributed by atoms with E-state index in [2.05, 4.69) is 5.32 Å². The zero-order valence-corrected chi connectivity index (χ0v) is 12.1. The molecule has 0 fully saturated rings. The Hall–Kier alpha value is -2.30. The quantitative estimate of drug-likeness (QED) is 0.903. The maximum absolute atomic E-state index is 12.5. The first-order chi connectivity index (χ1) is 10.0. The van der Waals surface area contributed by atoms with Crippen molar-refractivity contribution in [3.05, 3.63) is 39.7 Å². The third kappa shape index (κ3) is 2.00. The molecule has 0 unspecified atom stereocenters. The molecule has 3 rings (SSSR count). The van der Waals surface area contributed by atoms with Crippen LogP contribution in [0.3, 0.4) is 0 Å². The van der Waals surface area contributed by atoms with Crippen LogP contribution < -0.4 is 10.9 Å². The van der Waals surface area contributed by atoms with Crippen LogP contribution in [0.2, 0.25) is 0 Å². The first-order valence-electron chi connectivity index (χ1n) is 7.22. The predicted octanol–water partition coefficient (Wildman–Crippen LogP) is 1.79. The molecule has 5 nitrogen and oxygen atoms in total. The molecule has 2 N–H and O–H groups in total. The summed E-state index contributed by atoms with van der Waals surface area (Å²) in [4.78, 5) is 24.8. The molecular formula is C16H18N2O3. The SMILES string of the molecule is CC[C@@H](C)NC(=O)c1c(O)c2cccc3c2n(c1=O)CC3. The molecule has 2 aromatic rings. The maximum Gasteiger partial charge on any atom is 0.267 e. The third-order valence-electron chi connectivity index (χ3n) is 4.16. The lowest BCUT2D eigenvalue weighted by molar-refractivity contribution is 0.0934. The van der Waals surface area contributed by atoms with Crippen molar-refractivity contribution < 1.29 is 9.90 Å². The summed E-state index contributed by atoms with van der Waals surface area (Å²) in [6.45, 7) is 4.37. The topological polar surface area (TPSA) is 71.3 Å². The monoisotopic (exact) mass is 286 g/mol. The highest BCUT2D eigenvalue weighted by molar-refractivity contribution is 6.03. The van der Waals surface area contributed by atoms with Gasteiger partial charge in [0.2, 0.25) is 0 Å². The number of amides is 1. The first kappa shape index (κ1) is 13.7. The number of aryl methyl sites for hydroxylation is 2. The van der Waals surface area contributed by atoms with Crippen molar-refractivity contribution in [2.24, 2.45) is 0 Å². The number of hydrogen-bond acceptors (Lipinski definition) is 3. The predicted molar refractivity (Wildman–Crippen MR) is 80.8 cm³/mol. The summed E-state index contributed by atoms with van der Waals surface area (Å²) in [6.07, 6.45) is 1.51. The van der Waals surface area contributed by atoms with E-state index < -0.39 is 11.5 Å². The number of nitrogens with one attached hydrogen (secondary N) is 1. The van der Waals surface area contributed by atoms with Gasteiger partial charge in [-0.2, -0.15) is 0 Å². The molecule has 5 heteroatoms. The third-order valence-corrected chi connectivity index (χ3v) is 4.16. The first-order valence-corrected chi connectivity index (χ1v) is 7.22. The lowest BCUT2D eigenvalue weighted by Crippen LogP contribution is -2.37. The van der Waals surface area contributed by atoms with Crippen LogP contribution in [0.4, 0.5) is 0 Å². The van der Waals surface area contributed by atoms with Gasteiger partial charge in [0.1, 0.15) is 11.3 Å². The number of pyridine rings is 1. The van der Waals surface area contributed by atoms with Gasteiger partial charge in [0, 0.05) is 18.0 Å². The van der Waals surface area contributed by atoms with Gasteiger partial charge in [0.25, 0.3) is 11.5 Å². The zero-order valence-electron chi connectivity index (χ0n) is 12.1. The highest BCUT2D eigenvalue weighted by Gasteiger charge is 2.26. The Balaban J connectivity index is 2.23. The van der Waals surface area contributed by atoms with Crippen molar-refractivity contribution in [2.45, 2.75) is 39.3 Å². The van der Waals surface area contributed by atoms with E-state index in [1.165, 1.54) is 0 Å². The lowest BCUT2D eigenvalue weighted by Gasteiger charge is -2.14. The van der Waals surface area contributed by atoms with E-state index in [1.807, 2.05) is 26.0 Å². The summed E-state index contributed by atoms with van der Waals surface area (Å²) in [5.41, 5.74) is 1.22. The molecular weight excluding hydrogens is 268 g/mol. The Morgan fingerprint density at radius 1 is 1.48 bits per heavy atom. The number of aromatic nitrogens is 1. The highest BCUT2D eigenvalue weighted by Crippen LogP contribution is 2.31. The number of nitrogens with zero attached hydrogens (tertiary/aromatic N) is 1. The fourth-order valence-electron chi connectivity index (χ4n) is 2.82. The number of para-hydroxylation sites is 1. The number of hydrogen-bond donors (Lipinski definition) is 2. The number of carbonyl (C=O) groups is 1. The van der Waals surface area contributed by atoms with Crippen molar-refractivity contribution >= 4 is 16.8 Å². The van der Waals surface area contributed by atoms with Crippen LogP contribution in [0.5, 0.6) is 5.75 Å². The minimum atomic E-state index is -0.505. The van der Waals surface area contributed by atoms with Crippen molar-refractivity contribution in [1.29, 1.82) is 0 Å². The molecule has 1 aromatic heterocycles. The van der Waals surface area contributed by atoms with Crippen LogP contribution in [0, 0.1) is 0 Å². The van der Waals surface area contributed by atoms with E-state index in [0.717, 1.165) is 23.9 Å². The fraction of sp³-hybridized carbons (Fsp3) is 0.375. The molecule has 0 saturated heterocycles. The Kier molecular flexibility index (Phi) is 3.20. The van der Waals surface area contributed by atoms with E-state index in [-0.39, 0.29) is 17.4 Å². The van der Waals surface area contributed by atoms with Gasteiger partial charge in [-0.3, -0.25) is 9.59 Å². The molecule has 21 heavy (non-hydrogen) atoms. The summed E-state index contributed by atoms with van der Waals surface area (Å²) >= 11 is 0. The van der Waals surface area contributed by atoms with Crippen LogP contribution in [0.25, 0.3) is 10.9 Å². The molecule has 1 aliphatic rings. The van der Waals surface area contributed by atoms with Gasteiger partial charge in [0.05, 0.1) is 5.52 Å². The summed E-state index contributed by atoms with van der Waals surface area (Å²) in [5, 5.41) is 13.7. The minimum Gasteiger partial charge on any atom is -0.506 e. The summed E-state index contributed by atoms with van der Waals surface area (Å²) in [6, 6.07) is 5.49. The van der Waals surface area contributed by atoms with E-state index in [9.17, 15) is 14.7 Å². The average Bonchev–Trinajstić information content (AvgIpc) is 2.90. The van der Waals surface area contributed by atoms with Crippen LogP contribution in [0.1, 0.15) is 36.2 Å². The second-order valence-electron chi connectivity index (χ2n) is 5.53. The zero-order chi connectivity index (χ0) is 15.1. The molecule has 0 bridgehead atoms. The summed E-state index contributed by atoms with van der Waals surface area (Å²) in [5.74, 6) is -0.717. The van der Waals surface area contributed by atoms with Gasteiger partial charge >= 0.3 is 0 Å². The number of aromatic hydroxyl groups is 1. The van der Waals surface area contributed by atoms with Gasteiger partial charge in [-0.15, -0.1) is 0 Å². The van der Waals surface area contributed by atoms with Crippen molar-refractivity contribution in [3.8, 4) is 5.75 Å². The maximum atomic E-state index is 12.5. The molecule has 0 radical (unpaired) electrons. The van der Waals surface area contributed by atoms with E-state index >= 15 is 0 Å². The van der Waals surface area contributed by atoms with E-state index in [4.69, 9.17) is 0 Å². The second-order valence-corrected chi connectivity index (χ2v) is 5.53. The van der Waals surface area contributed by atoms with Gasteiger partial charge in [-0.05, 0) is 31.4 Å². The Bertz CT molecular complexity index is 792. The number of rotatable bonds is 3. The molecule has 1 atom stereocenters. The van der Waals surface area contributed by atoms with Gasteiger partial charge in [-0.25, -0.2) is 0 Å². The fourth-order valence-corrected chi connectivity index (χ4v) is 2.82. The van der Waals surface area contributed by atoms with E-state index in [1.54, 1.807) is 10.6 Å². The minimum absolute atomic E-state index is 0.0445. The number of carbonyl (C=O) groups excluding carboxylic acids is 1. The van der Waals surface area contributed by atoms with Crippen molar-refractivity contribution in [2.75, 3.05) is 0 Å². The standard InChI is InChI=1S/C16H18N2O3/c1-3-9(2)17-15(20)12-14(19)11-6-4-5-10-7-8-18(13(10)11)16(12)21/h4-6,9,19H,3,7-8H2,1-2H3,(H,17,20)/t9-/m1/s1. The van der Waals surface area contributed by atoms with Crippen LogP contribution in [-0.4, -0.2) is 21.6 Å². The second kappa shape index (κ2) is 4.91. The molecule has 0 spiro atoms. The molecule has 1 aliphatic heterocycles. The molecule has 0 aliphatic carbocycles.